The van der Waals surface area contributed by atoms with Gasteiger partial charge in [-0.25, -0.2) is 9.59 Å². The molecule has 0 heterocycles. The summed E-state index contributed by atoms with van der Waals surface area (Å²) in [4.78, 5) is 22.7. The highest BCUT2D eigenvalue weighted by Crippen LogP contribution is 2.00. The Labute approximate surface area is 117 Å². The molecule has 19 heavy (non-hydrogen) atoms. The Bertz CT molecular complexity index is 400. The van der Waals surface area contributed by atoms with Gasteiger partial charge in [0.05, 0.1) is 7.11 Å². The number of alkyl carbamates (subject to hydrolysis) is 1. The normalized spacial score (nSPS) is 10.8. The highest BCUT2D eigenvalue weighted by Gasteiger charge is 2.22. The summed E-state index contributed by atoms with van der Waals surface area (Å²) >= 11 is 0. The van der Waals surface area contributed by atoms with E-state index in [9.17, 15) is 9.59 Å². The van der Waals surface area contributed by atoms with E-state index in [2.05, 4.69) is 15.8 Å². The lowest BCUT2D eigenvalue weighted by atomic mass is 10.2. The first-order valence-electron chi connectivity index (χ1n) is 5.51. The van der Waals surface area contributed by atoms with Gasteiger partial charge in [0.15, 0.2) is 6.04 Å². The quantitative estimate of drug-likeness (QED) is 0.555. The van der Waals surface area contributed by atoms with Crippen molar-refractivity contribution in [3.63, 3.8) is 0 Å². The van der Waals surface area contributed by atoms with Gasteiger partial charge >= 0.3 is 12.1 Å². The predicted molar refractivity (Wildman–Crippen MR) is 63.3 cm³/mol. The molecule has 0 fully saturated rings. The van der Waals surface area contributed by atoms with Gasteiger partial charge in [0.1, 0.15) is 13.2 Å². The van der Waals surface area contributed by atoms with E-state index in [0.717, 1.165) is 5.56 Å². The topological polar surface area (TPSA) is 92.3 Å². The summed E-state index contributed by atoms with van der Waals surface area (Å²) in [5.74, 6) is -0.540. The van der Waals surface area contributed by atoms with Gasteiger partial charge in [-0.3, -0.25) is 0 Å². The van der Waals surface area contributed by atoms with Gasteiger partial charge in [0, 0.05) is 0 Å². The van der Waals surface area contributed by atoms with Crippen LogP contribution < -0.4 is 23.5 Å². The number of methoxy groups -OCH3 is 1. The molecule has 4 N–H and O–H groups in total. The fourth-order valence-corrected chi connectivity index (χ4v) is 1.30. The van der Waals surface area contributed by atoms with Crippen molar-refractivity contribution in [2.24, 2.45) is 0 Å². The summed E-state index contributed by atoms with van der Waals surface area (Å²) < 4.78 is 9.49. The Kier molecular flexibility index (Phi) is 8.32. The first-order valence-corrected chi connectivity index (χ1v) is 5.51. The van der Waals surface area contributed by atoms with Crippen molar-refractivity contribution in [1.82, 2.24) is 5.32 Å². The highest BCUT2D eigenvalue weighted by atomic mass is 35.5. The summed E-state index contributed by atoms with van der Waals surface area (Å²) in [5, 5.41) is 2.39. The average molecular weight is 289 g/mol. The number of carbonyl (C=O) groups is 2. The molecule has 0 aliphatic heterocycles. The van der Waals surface area contributed by atoms with Crippen molar-refractivity contribution < 1.29 is 37.2 Å². The molecule has 0 radical (unpaired) electrons. The van der Waals surface area contributed by atoms with Gasteiger partial charge in [-0.2, -0.15) is 0 Å². The molecule has 106 valence electrons. The Morgan fingerprint density at radius 3 is 2.47 bits per heavy atom. The first-order chi connectivity index (χ1) is 8.67. The predicted octanol–water partition coefficient (Wildman–Crippen LogP) is -3.30. The van der Waals surface area contributed by atoms with E-state index in [1.165, 1.54) is 7.11 Å². The maximum atomic E-state index is 11.4. The van der Waals surface area contributed by atoms with Crippen LogP contribution in [0, 0.1) is 0 Å². The van der Waals surface area contributed by atoms with E-state index >= 15 is 0 Å². The van der Waals surface area contributed by atoms with Crippen LogP contribution in [0.3, 0.4) is 0 Å². The third kappa shape index (κ3) is 6.08. The lowest BCUT2D eigenvalue weighted by Crippen LogP contribution is -3.00. The number of benzene rings is 1. The number of hydrogen-bond acceptors (Lipinski definition) is 4. The van der Waals surface area contributed by atoms with E-state index in [1.807, 2.05) is 30.3 Å². The second kappa shape index (κ2) is 9.18. The standard InChI is InChI=1S/C12H16N2O4.ClH/c1-17-11(15)10(7-13)14-12(16)18-8-9-5-3-2-4-6-9;/h2-6,10H,7-8,13H2,1H3,(H,14,16);1H. The summed E-state index contributed by atoms with van der Waals surface area (Å²) in [6.45, 7) is 0.352. The zero-order valence-corrected chi connectivity index (χ0v) is 11.4. The number of carbonyl (C=O) groups excluding carboxylic acids is 2. The van der Waals surface area contributed by atoms with Crippen LogP contribution in [0.25, 0.3) is 0 Å². The molecule has 1 amide bonds. The van der Waals surface area contributed by atoms with Gasteiger partial charge in [-0.15, -0.1) is 0 Å². The van der Waals surface area contributed by atoms with Crippen molar-refractivity contribution in [2.75, 3.05) is 13.7 Å². The molecule has 0 aliphatic rings. The Hall–Kier alpha value is -1.79. The molecule has 0 aromatic heterocycles. The molecule has 0 saturated heterocycles. The molecule has 1 aromatic carbocycles. The Morgan fingerprint density at radius 1 is 1.32 bits per heavy atom. The van der Waals surface area contributed by atoms with E-state index < -0.39 is 18.1 Å². The molecular formula is C12H17ClN2O4. The molecule has 1 rings (SSSR count). The van der Waals surface area contributed by atoms with Crippen LogP contribution in [0.4, 0.5) is 4.79 Å². The Balaban J connectivity index is 0.00000324. The smallest absolute Gasteiger partial charge is 0.408 e. The molecule has 0 aliphatic carbocycles. The average Bonchev–Trinajstić information content (AvgIpc) is 2.42. The van der Waals surface area contributed by atoms with Gasteiger partial charge in [-0.05, 0) is 5.56 Å². The number of nitrogens with one attached hydrogen (secondary N) is 1. The second-order valence-electron chi connectivity index (χ2n) is 3.57. The Morgan fingerprint density at radius 2 is 1.95 bits per heavy atom. The monoisotopic (exact) mass is 288 g/mol. The molecule has 0 spiro atoms. The molecule has 0 bridgehead atoms. The number of esters is 1. The zero-order chi connectivity index (χ0) is 13.4. The van der Waals surface area contributed by atoms with Crippen LogP contribution >= 0.6 is 0 Å². The van der Waals surface area contributed by atoms with Crippen LogP contribution in [0.15, 0.2) is 30.3 Å². The minimum atomic E-state index is -0.779. The lowest BCUT2D eigenvalue weighted by Gasteiger charge is -2.12. The highest BCUT2D eigenvalue weighted by molar-refractivity contribution is 5.81. The number of quaternary nitrogens is 1. The fourth-order valence-electron chi connectivity index (χ4n) is 1.30. The van der Waals surface area contributed by atoms with Crippen molar-refractivity contribution in [2.45, 2.75) is 12.6 Å². The van der Waals surface area contributed by atoms with Crippen LogP contribution in [-0.2, 0) is 20.9 Å². The minimum absolute atomic E-state index is 0. The van der Waals surface area contributed by atoms with E-state index in [4.69, 9.17) is 4.74 Å². The summed E-state index contributed by atoms with van der Waals surface area (Å²) in [6.07, 6.45) is -0.669. The van der Waals surface area contributed by atoms with Crippen molar-refractivity contribution >= 4 is 12.1 Å². The second-order valence-corrected chi connectivity index (χ2v) is 3.57. The van der Waals surface area contributed by atoms with Crippen LogP contribution in [0.5, 0.6) is 0 Å². The SMILES string of the molecule is COC(=O)C(C[NH3+])NC(=O)OCc1ccccc1.[Cl-]. The van der Waals surface area contributed by atoms with Gasteiger partial charge in [0.2, 0.25) is 0 Å². The van der Waals surface area contributed by atoms with E-state index in [1.54, 1.807) is 0 Å². The molecule has 1 unspecified atom stereocenters. The van der Waals surface area contributed by atoms with Crippen molar-refractivity contribution in [3.05, 3.63) is 35.9 Å². The molecule has 1 aromatic rings. The maximum Gasteiger partial charge on any atom is 0.408 e. The van der Waals surface area contributed by atoms with Crippen LogP contribution in [0.1, 0.15) is 5.56 Å². The number of rotatable bonds is 5. The van der Waals surface area contributed by atoms with Crippen molar-refractivity contribution in [1.29, 1.82) is 0 Å². The number of ether oxygens (including phenoxy) is 2. The number of hydrogen-bond donors (Lipinski definition) is 2. The first kappa shape index (κ1) is 17.2. The third-order valence-electron chi connectivity index (χ3n) is 2.28. The summed E-state index contributed by atoms with van der Waals surface area (Å²) in [5.41, 5.74) is 4.43. The molecule has 1 atom stereocenters. The van der Waals surface area contributed by atoms with Crippen LogP contribution in [-0.4, -0.2) is 31.8 Å². The van der Waals surface area contributed by atoms with Gasteiger partial charge < -0.3 is 32.9 Å². The third-order valence-corrected chi connectivity index (χ3v) is 2.28. The van der Waals surface area contributed by atoms with E-state index in [0.29, 0.717) is 0 Å². The summed E-state index contributed by atoms with van der Waals surface area (Å²) in [6, 6.07) is 8.48. The zero-order valence-electron chi connectivity index (χ0n) is 10.6. The molecule has 7 heteroatoms. The number of halogens is 1. The fraction of sp³-hybridized carbons (Fsp3) is 0.333. The number of amides is 1. The van der Waals surface area contributed by atoms with Gasteiger partial charge in [0.25, 0.3) is 0 Å². The summed E-state index contributed by atoms with van der Waals surface area (Å²) in [7, 11) is 1.25. The lowest BCUT2D eigenvalue weighted by molar-refractivity contribution is -0.370. The minimum Gasteiger partial charge on any atom is -1.00 e. The molecule has 6 nitrogen and oxygen atoms in total. The van der Waals surface area contributed by atoms with Crippen molar-refractivity contribution in [3.8, 4) is 0 Å². The molecule has 0 saturated carbocycles. The van der Waals surface area contributed by atoms with E-state index in [-0.39, 0.29) is 25.6 Å². The maximum absolute atomic E-state index is 11.4. The molecular weight excluding hydrogens is 272 g/mol. The van der Waals surface area contributed by atoms with Crippen LogP contribution in [0.2, 0.25) is 0 Å². The van der Waals surface area contributed by atoms with Gasteiger partial charge in [-0.1, -0.05) is 30.3 Å². The largest absolute Gasteiger partial charge is 1.00 e.